The zero-order valence-electron chi connectivity index (χ0n) is 10.5. The van der Waals surface area contributed by atoms with Gasteiger partial charge in [0.25, 0.3) is 0 Å². The minimum atomic E-state index is 0.541. The normalized spacial score (nSPS) is 10.4. The maximum atomic E-state index is 6.00. The predicted octanol–water partition coefficient (Wildman–Crippen LogP) is 4.21. The summed E-state index contributed by atoms with van der Waals surface area (Å²) in [5.74, 6) is 1.67. The Bertz CT molecular complexity index is 526. The molecule has 94 valence electrons. The monoisotopic (exact) mass is 261 g/mol. The van der Waals surface area contributed by atoms with Crippen molar-refractivity contribution in [3.8, 4) is 11.5 Å². The van der Waals surface area contributed by atoms with E-state index in [1.165, 1.54) is 0 Å². The highest BCUT2D eigenvalue weighted by Crippen LogP contribution is 2.31. The minimum absolute atomic E-state index is 0.541. The molecule has 0 heterocycles. The van der Waals surface area contributed by atoms with Gasteiger partial charge in [0.2, 0.25) is 0 Å². The van der Waals surface area contributed by atoms with E-state index in [1.54, 1.807) is 0 Å². The highest BCUT2D eigenvalue weighted by Gasteiger charge is 2.07. The van der Waals surface area contributed by atoms with E-state index < -0.39 is 0 Å². The molecule has 2 nitrogen and oxygen atoms in total. The summed E-state index contributed by atoms with van der Waals surface area (Å²) in [6.07, 6.45) is 0. The molecule has 18 heavy (non-hydrogen) atoms. The number of hydrogen-bond donors (Lipinski definition) is 1. The molecule has 0 spiro atoms. The Morgan fingerprint density at radius 2 is 1.61 bits per heavy atom. The van der Waals surface area contributed by atoms with Gasteiger partial charge in [-0.1, -0.05) is 23.7 Å². The zero-order chi connectivity index (χ0) is 13.1. The Labute approximate surface area is 112 Å². The molecule has 3 heteroatoms. The highest BCUT2D eigenvalue weighted by molar-refractivity contribution is 6.30. The third-order valence-electron chi connectivity index (χ3n) is 2.80. The third-order valence-corrected chi connectivity index (χ3v) is 3.02. The van der Waals surface area contributed by atoms with Crippen molar-refractivity contribution in [2.75, 3.05) is 0 Å². The molecule has 0 saturated heterocycles. The lowest BCUT2D eigenvalue weighted by Crippen LogP contribution is -1.96. The van der Waals surface area contributed by atoms with Crippen LogP contribution < -0.4 is 10.5 Å². The van der Waals surface area contributed by atoms with Crippen molar-refractivity contribution >= 4 is 11.6 Å². The van der Waals surface area contributed by atoms with Gasteiger partial charge in [0.05, 0.1) is 0 Å². The number of benzene rings is 2. The molecule has 0 aliphatic carbocycles. The first-order valence-corrected chi connectivity index (χ1v) is 6.21. The van der Waals surface area contributed by atoms with Crippen LogP contribution in [0.25, 0.3) is 0 Å². The zero-order valence-corrected chi connectivity index (χ0v) is 11.3. The van der Waals surface area contributed by atoms with Crippen molar-refractivity contribution in [3.63, 3.8) is 0 Å². The van der Waals surface area contributed by atoms with E-state index in [9.17, 15) is 0 Å². The van der Waals surface area contributed by atoms with Gasteiger partial charge in [-0.05, 0) is 54.8 Å². The van der Waals surface area contributed by atoms with Crippen molar-refractivity contribution in [1.29, 1.82) is 0 Å². The van der Waals surface area contributed by atoms with Gasteiger partial charge in [-0.2, -0.15) is 0 Å². The van der Waals surface area contributed by atoms with Crippen molar-refractivity contribution in [3.05, 3.63) is 58.1 Å². The quantitative estimate of drug-likeness (QED) is 0.898. The standard InChI is InChI=1S/C15H16ClNO/c1-10-7-13(16)8-11(2)15(10)18-14-5-3-12(9-17)4-6-14/h3-8H,9,17H2,1-2H3. The predicted molar refractivity (Wildman–Crippen MR) is 75.3 cm³/mol. The van der Waals surface area contributed by atoms with Crippen molar-refractivity contribution in [2.45, 2.75) is 20.4 Å². The van der Waals surface area contributed by atoms with Gasteiger partial charge in [-0.25, -0.2) is 0 Å². The molecule has 0 radical (unpaired) electrons. The second-order valence-corrected chi connectivity index (χ2v) is 4.76. The van der Waals surface area contributed by atoms with Crippen LogP contribution in [0.4, 0.5) is 0 Å². The van der Waals surface area contributed by atoms with Crippen LogP contribution in [0.2, 0.25) is 5.02 Å². The molecule has 0 bridgehead atoms. The van der Waals surface area contributed by atoms with Gasteiger partial charge in [-0.15, -0.1) is 0 Å². The first-order valence-electron chi connectivity index (χ1n) is 5.84. The van der Waals surface area contributed by atoms with Crippen LogP contribution in [0.3, 0.4) is 0 Å². The molecule has 2 rings (SSSR count). The molecule has 2 aromatic rings. The van der Waals surface area contributed by atoms with Crippen LogP contribution in [-0.2, 0) is 6.54 Å². The summed E-state index contributed by atoms with van der Waals surface area (Å²) >= 11 is 6.00. The Balaban J connectivity index is 2.28. The number of halogens is 1. The third kappa shape index (κ3) is 2.84. The second kappa shape index (κ2) is 5.42. The Morgan fingerprint density at radius 3 is 2.11 bits per heavy atom. The smallest absolute Gasteiger partial charge is 0.133 e. The number of aryl methyl sites for hydroxylation is 2. The van der Waals surface area contributed by atoms with E-state index in [2.05, 4.69) is 0 Å². The van der Waals surface area contributed by atoms with Gasteiger partial charge in [-0.3, -0.25) is 0 Å². The van der Waals surface area contributed by atoms with Gasteiger partial charge in [0.15, 0.2) is 0 Å². The fourth-order valence-electron chi connectivity index (χ4n) is 1.87. The van der Waals surface area contributed by atoms with Crippen LogP contribution in [-0.4, -0.2) is 0 Å². The van der Waals surface area contributed by atoms with Gasteiger partial charge in [0.1, 0.15) is 11.5 Å². The largest absolute Gasteiger partial charge is 0.457 e. The van der Waals surface area contributed by atoms with Crippen LogP contribution in [0.5, 0.6) is 11.5 Å². The average Bonchev–Trinajstić information content (AvgIpc) is 2.34. The summed E-state index contributed by atoms with van der Waals surface area (Å²) in [6, 6.07) is 11.6. The van der Waals surface area contributed by atoms with Crippen LogP contribution in [0.15, 0.2) is 36.4 Å². The minimum Gasteiger partial charge on any atom is -0.457 e. The second-order valence-electron chi connectivity index (χ2n) is 4.32. The Morgan fingerprint density at radius 1 is 1.06 bits per heavy atom. The van der Waals surface area contributed by atoms with Crippen molar-refractivity contribution in [2.24, 2.45) is 5.73 Å². The highest BCUT2D eigenvalue weighted by atomic mass is 35.5. The van der Waals surface area contributed by atoms with E-state index >= 15 is 0 Å². The molecular weight excluding hydrogens is 246 g/mol. The molecular formula is C15H16ClNO. The fourth-order valence-corrected chi connectivity index (χ4v) is 2.20. The molecule has 0 saturated carbocycles. The summed E-state index contributed by atoms with van der Waals surface area (Å²) < 4.78 is 5.89. The molecule has 2 aromatic carbocycles. The Hall–Kier alpha value is -1.51. The van der Waals surface area contributed by atoms with Crippen LogP contribution in [0, 0.1) is 13.8 Å². The Kier molecular flexibility index (Phi) is 3.90. The van der Waals surface area contributed by atoms with E-state index in [0.29, 0.717) is 6.54 Å². The van der Waals surface area contributed by atoms with E-state index in [0.717, 1.165) is 33.2 Å². The average molecular weight is 262 g/mol. The molecule has 0 aromatic heterocycles. The molecule has 0 fully saturated rings. The number of ether oxygens (including phenoxy) is 1. The molecule has 0 aliphatic rings. The first-order chi connectivity index (χ1) is 8.60. The van der Waals surface area contributed by atoms with E-state index in [1.807, 2.05) is 50.2 Å². The number of rotatable bonds is 3. The van der Waals surface area contributed by atoms with Crippen LogP contribution >= 0.6 is 11.6 Å². The fraction of sp³-hybridized carbons (Fsp3) is 0.200. The summed E-state index contributed by atoms with van der Waals surface area (Å²) in [5.41, 5.74) is 8.71. The number of hydrogen-bond acceptors (Lipinski definition) is 2. The first kappa shape index (κ1) is 12.9. The van der Waals surface area contributed by atoms with Gasteiger partial charge >= 0.3 is 0 Å². The molecule has 0 atom stereocenters. The number of nitrogens with two attached hydrogens (primary N) is 1. The van der Waals surface area contributed by atoms with E-state index in [4.69, 9.17) is 22.1 Å². The van der Waals surface area contributed by atoms with Crippen molar-refractivity contribution in [1.82, 2.24) is 0 Å². The summed E-state index contributed by atoms with van der Waals surface area (Å²) in [6.45, 7) is 4.52. The van der Waals surface area contributed by atoms with Crippen molar-refractivity contribution < 1.29 is 4.74 Å². The maximum Gasteiger partial charge on any atom is 0.133 e. The van der Waals surface area contributed by atoms with Gasteiger partial charge in [0, 0.05) is 11.6 Å². The lowest BCUT2D eigenvalue weighted by molar-refractivity contribution is 0.475. The molecule has 0 amide bonds. The summed E-state index contributed by atoms with van der Waals surface area (Å²) in [5, 5.41) is 0.732. The summed E-state index contributed by atoms with van der Waals surface area (Å²) in [7, 11) is 0. The molecule has 0 aliphatic heterocycles. The molecule has 0 unspecified atom stereocenters. The topological polar surface area (TPSA) is 35.2 Å². The molecule has 2 N–H and O–H groups in total. The maximum absolute atomic E-state index is 6.00. The van der Waals surface area contributed by atoms with Gasteiger partial charge < -0.3 is 10.5 Å². The van der Waals surface area contributed by atoms with E-state index in [-0.39, 0.29) is 0 Å². The lowest BCUT2D eigenvalue weighted by atomic mass is 10.1. The SMILES string of the molecule is Cc1cc(Cl)cc(C)c1Oc1ccc(CN)cc1. The summed E-state index contributed by atoms with van der Waals surface area (Å²) in [4.78, 5) is 0. The lowest BCUT2D eigenvalue weighted by Gasteiger charge is -2.12. The van der Waals surface area contributed by atoms with Crippen LogP contribution in [0.1, 0.15) is 16.7 Å².